The first kappa shape index (κ1) is 18.4. The molecule has 0 atom stereocenters. The molecule has 0 saturated carbocycles. The molecule has 0 aliphatic heterocycles. The Morgan fingerprint density at radius 1 is 1.00 bits per heavy atom. The molecule has 6 nitrogen and oxygen atoms in total. The summed E-state index contributed by atoms with van der Waals surface area (Å²) >= 11 is 0. The molecule has 1 aromatic heterocycles. The van der Waals surface area contributed by atoms with Gasteiger partial charge >= 0.3 is 5.97 Å². The molecule has 0 aliphatic rings. The number of anilines is 4. The number of aromatic nitrogens is 2. The normalized spacial score (nSPS) is 10.3. The lowest BCUT2D eigenvalue weighted by Crippen LogP contribution is -2.03. The number of esters is 1. The Morgan fingerprint density at radius 2 is 1.67 bits per heavy atom. The summed E-state index contributed by atoms with van der Waals surface area (Å²) in [5, 5.41) is 6.61. The third-order valence-electron chi connectivity index (χ3n) is 4.08. The summed E-state index contributed by atoms with van der Waals surface area (Å²) in [6, 6.07) is 17.0. The zero-order chi connectivity index (χ0) is 19.2. The van der Waals surface area contributed by atoms with Gasteiger partial charge in [0.1, 0.15) is 17.5 Å². The van der Waals surface area contributed by atoms with E-state index in [1.165, 1.54) is 12.7 Å². The summed E-state index contributed by atoms with van der Waals surface area (Å²) in [5.74, 6) is 1.69. The third-order valence-corrected chi connectivity index (χ3v) is 4.08. The molecule has 138 valence electrons. The Morgan fingerprint density at radius 3 is 2.33 bits per heavy atom. The average Bonchev–Trinajstić information content (AvgIpc) is 2.68. The van der Waals surface area contributed by atoms with Gasteiger partial charge in [-0.15, -0.1) is 0 Å². The lowest BCUT2D eigenvalue weighted by atomic mass is 10.1. The van der Waals surface area contributed by atoms with Crippen molar-refractivity contribution in [3.05, 3.63) is 71.5 Å². The maximum atomic E-state index is 11.5. The fourth-order valence-electron chi connectivity index (χ4n) is 2.74. The molecule has 2 aromatic carbocycles. The van der Waals surface area contributed by atoms with E-state index in [1.807, 2.05) is 43.3 Å². The molecule has 3 rings (SSSR count). The van der Waals surface area contributed by atoms with Crippen molar-refractivity contribution in [2.24, 2.45) is 0 Å². The highest BCUT2D eigenvalue weighted by molar-refractivity contribution is 5.89. The van der Waals surface area contributed by atoms with E-state index >= 15 is 0 Å². The molecule has 0 fully saturated rings. The second kappa shape index (κ2) is 8.31. The van der Waals surface area contributed by atoms with Crippen LogP contribution < -0.4 is 10.6 Å². The van der Waals surface area contributed by atoms with Gasteiger partial charge in [0.25, 0.3) is 0 Å². The summed E-state index contributed by atoms with van der Waals surface area (Å²) in [5.41, 5.74) is 3.58. The van der Waals surface area contributed by atoms with Crippen LogP contribution in [-0.4, -0.2) is 23.0 Å². The molecular formula is C21H22N4O2. The average molecular weight is 362 g/mol. The zero-order valence-electron chi connectivity index (χ0n) is 15.6. The van der Waals surface area contributed by atoms with Crippen molar-refractivity contribution in [1.82, 2.24) is 9.97 Å². The van der Waals surface area contributed by atoms with Gasteiger partial charge in [0.05, 0.1) is 12.7 Å². The lowest BCUT2D eigenvalue weighted by Gasteiger charge is -2.12. The first-order valence-corrected chi connectivity index (χ1v) is 8.75. The Bertz CT molecular complexity index is 939. The number of carbonyl (C=O) groups is 1. The zero-order valence-corrected chi connectivity index (χ0v) is 15.6. The number of nitrogens with zero attached hydrogens (tertiary/aromatic N) is 2. The number of aryl methyl sites for hydroxylation is 2. The highest BCUT2D eigenvalue weighted by Gasteiger charge is 2.07. The van der Waals surface area contributed by atoms with Crippen LogP contribution in [0.1, 0.15) is 28.7 Å². The summed E-state index contributed by atoms with van der Waals surface area (Å²) in [7, 11) is 1.36. The van der Waals surface area contributed by atoms with Crippen molar-refractivity contribution in [2.45, 2.75) is 20.3 Å². The van der Waals surface area contributed by atoms with Crippen molar-refractivity contribution in [2.75, 3.05) is 17.7 Å². The van der Waals surface area contributed by atoms with E-state index in [1.54, 1.807) is 12.1 Å². The molecule has 0 bridgehead atoms. The summed E-state index contributed by atoms with van der Waals surface area (Å²) in [6.45, 7) is 3.97. The van der Waals surface area contributed by atoms with Gasteiger partial charge in [-0.25, -0.2) is 14.8 Å². The van der Waals surface area contributed by atoms with Gasteiger partial charge in [-0.3, -0.25) is 0 Å². The van der Waals surface area contributed by atoms with Gasteiger partial charge in [0.2, 0.25) is 0 Å². The maximum absolute atomic E-state index is 11.5. The topological polar surface area (TPSA) is 76.1 Å². The molecule has 3 aromatic rings. The van der Waals surface area contributed by atoms with Crippen LogP contribution in [0.4, 0.5) is 23.0 Å². The number of benzene rings is 2. The summed E-state index contributed by atoms with van der Waals surface area (Å²) < 4.78 is 4.71. The molecule has 0 spiro atoms. The number of rotatable bonds is 6. The van der Waals surface area contributed by atoms with Crippen molar-refractivity contribution in [3.63, 3.8) is 0 Å². The molecule has 0 radical (unpaired) electrons. The highest BCUT2D eigenvalue weighted by atomic mass is 16.5. The van der Waals surface area contributed by atoms with Gasteiger partial charge in [-0.05, 0) is 49.2 Å². The minimum atomic E-state index is -0.361. The number of ether oxygens (including phenoxy) is 1. The van der Waals surface area contributed by atoms with Crippen molar-refractivity contribution < 1.29 is 9.53 Å². The minimum absolute atomic E-state index is 0.361. The van der Waals surface area contributed by atoms with Gasteiger partial charge in [0, 0.05) is 17.4 Å². The molecule has 0 amide bonds. The van der Waals surface area contributed by atoms with Gasteiger partial charge in [0.15, 0.2) is 0 Å². The predicted molar refractivity (Wildman–Crippen MR) is 107 cm³/mol. The first-order valence-electron chi connectivity index (χ1n) is 8.75. The Balaban J connectivity index is 1.80. The second-order valence-corrected chi connectivity index (χ2v) is 6.02. The van der Waals surface area contributed by atoms with E-state index in [9.17, 15) is 4.79 Å². The quantitative estimate of drug-likeness (QED) is 0.623. The summed E-state index contributed by atoms with van der Waals surface area (Å²) in [4.78, 5) is 20.4. The summed E-state index contributed by atoms with van der Waals surface area (Å²) in [6.07, 6.45) is 0.935. The number of nitrogens with one attached hydrogen (secondary N) is 2. The number of methoxy groups -OCH3 is 1. The Kier molecular flexibility index (Phi) is 5.66. The monoisotopic (exact) mass is 362 g/mol. The molecule has 6 heteroatoms. The van der Waals surface area contributed by atoms with Gasteiger partial charge in [-0.1, -0.05) is 25.1 Å². The minimum Gasteiger partial charge on any atom is -0.465 e. The number of hydrogen-bond acceptors (Lipinski definition) is 6. The lowest BCUT2D eigenvalue weighted by molar-refractivity contribution is 0.0601. The van der Waals surface area contributed by atoms with E-state index in [0.717, 1.165) is 23.6 Å². The molecule has 0 unspecified atom stereocenters. The van der Waals surface area contributed by atoms with Crippen LogP contribution in [0.2, 0.25) is 0 Å². The second-order valence-electron chi connectivity index (χ2n) is 6.02. The molecule has 2 N–H and O–H groups in total. The van der Waals surface area contributed by atoms with Crippen LogP contribution in [0.15, 0.2) is 54.6 Å². The van der Waals surface area contributed by atoms with E-state index < -0.39 is 0 Å². The van der Waals surface area contributed by atoms with E-state index in [0.29, 0.717) is 17.2 Å². The van der Waals surface area contributed by atoms with E-state index in [4.69, 9.17) is 4.74 Å². The first-order chi connectivity index (χ1) is 13.1. The van der Waals surface area contributed by atoms with Crippen LogP contribution in [-0.2, 0) is 11.2 Å². The fraction of sp³-hybridized carbons (Fsp3) is 0.190. The fourth-order valence-corrected chi connectivity index (χ4v) is 2.74. The highest BCUT2D eigenvalue weighted by Crippen LogP contribution is 2.23. The van der Waals surface area contributed by atoms with E-state index in [-0.39, 0.29) is 5.97 Å². The molecule has 0 saturated heterocycles. The standard InChI is InChI=1S/C21H22N4O2/c1-4-15-7-5-6-8-18(15)25-20-13-19(22-14(2)23-20)24-17-11-9-16(10-12-17)21(26)27-3/h5-13H,4H2,1-3H3,(H2,22,23,24,25). The number of hydrogen-bond donors (Lipinski definition) is 2. The Hall–Kier alpha value is -3.41. The van der Waals surface area contributed by atoms with Crippen LogP contribution in [0.25, 0.3) is 0 Å². The van der Waals surface area contributed by atoms with Crippen LogP contribution >= 0.6 is 0 Å². The van der Waals surface area contributed by atoms with Gasteiger partial charge < -0.3 is 15.4 Å². The number of para-hydroxylation sites is 1. The molecule has 1 heterocycles. The smallest absolute Gasteiger partial charge is 0.337 e. The van der Waals surface area contributed by atoms with Gasteiger partial charge in [-0.2, -0.15) is 0 Å². The molecule has 27 heavy (non-hydrogen) atoms. The van der Waals surface area contributed by atoms with Crippen LogP contribution in [0.3, 0.4) is 0 Å². The molecule has 0 aliphatic carbocycles. The van der Waals surface area contributed by atoms with Crippen LogP contribution in [0.5, 0.6) is 0 Å². The molecular weight excluding hydrogens is 340 g/mol. The SMILES string of the molecule is CCc1ccccc1Nc1cc(Nc2ccc(C(=O)OC)cc2)nc(C)n1. The third kappa shape index (κ3) is 4.61. The van der Waals surface area contributed by atoms with Crippen molar-refractivity contribution in [3.8, 4) is 0 Å². The largest absolute Gasteiger partial charge is 0.465 e. The number of carbonyl (C=O) groups excluding carboxylic acids is 1. The maximum Gasteiger partial charge on any atom is 0.337 e. The predicted octanol–water partition coefficient (Wildman–Crippen LogP) is 4.62. The van der Waals surface area contributed by atoms with Crippen molar-refractivity contribution in [1.29, 1.82) is 0 Å². The van der Waals surface area contributed by atoms with Crippen LogP contribution in [0, 0.1) is 6.92 Å². The van der Waals surface area contributed by atoms with E-state index in [2.05, 4.69) is 33.6 Å². The van der Waals surface area contributed by atoms with Crippen molar-refractivity contribution >= 4 is 29.0 Å². The Labute approximate surface area is 158 Å².